The second kappa shape index (κ2) is 6.24. The van der Waals surface area contributed by atoms with Crippen molar-refractivity contribution in [3.8, 4) is 0 Å². The number of nitrogens with zero attached hydrogens (tertiary/aromatic N) is 2. The molecular weight excluding hydrogens is 240 g/mol. The molecule has 4 nitrogen and oxygen atoms in total. The van der Waals surface area contributed by atoms with Gasteiger partial charge in [0, 0.05) is 39.1 Å². The van der Waals surface area contributed by atoms with E-state index < -0.39 is 0 Å². The summed E-state index contributed by atoms with van der Waals surface area (Å²) in [5, 5.41) is 0. The molecule has 1 aromatic heterocycles. The summed E-state index contributed by atoms with van der Waals surface area (Å²) in [5.74, 6) is 0.116. The van der Waals surface area contributed by atoms with Crippen LogP contribution in [0.25, 0.3) is 0 Å². The molecule has 0 N–H and O–H groups in total. The van der Waals surface area contributed by atoms with Gasteiger partial charge in [0.1, 0.15) is 0 Å². The van der Waals surface area contributed by atoms with Crippen molar-refractivity contribution in [3.05, 3.63) is 23.5 Å². The SMILES string of the molecule is Cc1c(C(=O)N(C)CCCC2CCCO2)ccn1C. The predicted octanol–water partition coefficient (Wildman–Crippen LogP) is 2.36. The predicted molar refractivity (Wildman–Crippen MR) is 75.3 cm³/mol. The fourth-order valence-corrected chi connectivity index (χ4v) is 2.57. The topological polar surface area (TPSA) is 34.5 Å². The summed E-state index contributed by atoms with van der Waals surface area (Å²) in [4.78, 5) is 14.1. The molecule has 2 rings (SSSR count). The van der Waals surface area contributed by atoms with Crippen LogP contribution in [0.2, 0.25) is 0 Å². The zero-order chi connectivity index (χ0) is 13.8. The van der Waals surface area contributed by atoms with Gasteiger partial charge in [-0.05, 0) is 38.7 Å². The summed E-state index contributed by atoms with van der Waals surface area (Å²) in [5.41, 5.74) is 1.83. The second-order valence-electron chi connectivity index (χ2n) is 5.43. The third-order valence-electron chi connectivity index (χ3n) is 4.00. The van der Waals surface area contributed by atoms with Gasteiger partial charge in [-0.2, -0.15) is 0 Å². The van der Waals surface area contributed by atoms with Crippen LogP contribution in [-0.4, -0.2) is 41.7 Å². The van der Waals surface area contributed by atoms with Crippen molar-refractivity contribution in [1.82, 2.24) is 9.47 Å². The molecule has 1 fully saturated rings. The molecule has 1 atom stereocenters. The Bertz CT molecular complexity index is 433. The van der Waals surface area contributed by atoms with Crippen LogP contribution in [0.3, 0.4) is 0 Å². The van der Waals surface area contributed by atoms with E-state index in [1.54, 1.807) is 0 Å². The van der Waals surface area contributed by atoms with Crippen molar-refractivity contribution in [2.75, 3.05) is 20.2 Å². The molecule has 19 heavy (non-hydrogen) atoms. The van der Waals surface area contributed by atoms with E-state index in [1.807, 2.05) is 42.7 Å². The number of carbonyl (C=O) groups excluding carboxylic acids is 1. The molecule has 2 heterocycles. The second-order valence-corrected chi connectivity index (χ2v) is 5.43. The first-order valence-corrected chi connectivity index (χ1v) is 7.08. The van der Waals surface area contributed by atoms with E-state index in [4.69, 9.17) is 4.74 Å². The average Bonchev–Trinajstić information content (AvgIpc) is 3.01. The highest BCUT2D eigenvalue weighted by Crippen LogP contribution is 2.17. The standard InChI is InChI=1S/C15H24N2O2/c1-12-14(8-10-16(12)2)15(18)17(3)9-4-6-13-7-5-11-19-13/h8,10,13H,4-7,9,11H2,1-3H3. The summed E-state index contributed by atoms with van der Waals surface area (Å²) in [6.45, 7) is 3.68. The van der Waals surface area contributed by atoms with Gasteiger partial charge in [0.15, 0.2) is 0 Å². The normalized spacial score (nSPS) is 18.8. The maximum absolute atomic E-state index is 12.3. The van der Waals surface area contributed by atoms with E-state index in [-0.39, 0.29) is 5.91 Å². The van der Waals surface area contributed by atoms with Crippen molar-refractivity contribution < 1.29 is 9.53 Å². The van der Waals surface area contributed by atoms with Gasteiger partial charge in [0.25, 0.3) is 5.91 Å². The molecule has 1 unspecified atom stereocenters. The minimum absolute atomic E-state index is 0.116. The minimum Gasteiger partial charge on any atom is -0.378 e. The molecule has 0 aliphatic carbocycles. The van der Waals surface area contributed by atoms with Crippen molar-refractivity contribution in [2.24, 2.45) is 7.05 Å². The Morgan fingerprint density at radius 2 is 2.37 bits per heavy atom. The summed E-state index contributed by atoms with van der Waals surface area (Å²) in [6, 6.07) is 1.90. The highest BCUT2D eigenvalue weighted by molar-refractivity contribution is 5.95. The first-order valence-electron chi connectivity index (χ1n) is 7.08. The van der Waals surface area contributed by atoms with Crippen LogP contribution in [0, 0.1) is 6.92 Å². The van der Waals surface area contributed by atoms with Gasteiger partial charge in [-0.15, -0.1) is 0 Å². The summed E-state index contributed by atoms with van der Waals surface area (Å²) in [7, 11) is 3.84. The van der Waals surface area contributed by atoms with Crippen molar-refractivity contribution in [3.63, 3.8) is 0 Å². The molecule has 1 aliphatic rings. The van der Waals surface area contributed by atoms with Crippen LogP contribution in [-0.2, 0) is 11.8 Å². The Balaban J connectivity index is 1.80. The van der Waals surface area contributed by atoms with Gasteiger partial charge < -0.3 is 14.2 Å². The molecule has 1 aliphatic heterocycles. The molecule has 0 aromatic carbocycles. The number of hydrogen-bond donors (Lipinski definition) is 0. The molecule has 1 amide bonds. The van der Waals surface area contributed by atoms with Crippen molar-refractivity contribution in [2.45, 2.75) is 38.7 Å². The van der Waals surface area contributed by atoms with E-state index in [0.29, 0.717) is 6.10 Å². The van der Waals surface area contributed by atoms with Crippen LogP contribution in [0.1, 0.15) is 41.7 Å². The first-order chi connectivity index (χ1) is 9.09. The Kier molecular flexibility index (Phi) is 4.64. The highest BCUT2D eigenvalue weighted by atomic mass is 16.5. The lowest BCUT2D eigenvalue weighted by Crippen LogP contribution is -2.28. The molecule has 0 radical (unpaired) electrons. The maximum Gasteiger partial charge on any atom is 0.255 e. The lowest BCUT2D eigenvalue weighted by molar-refractivity contribution is 0.0762. The minimum atomic E-state index is 0.116. The Morgan fingerprint density at radius 3 is 2.95 bits per heavy atom. The number of hydrogen-bond acceptors (Lipinski definition) is 2. The van der Waals surface area contributed by atoms with Gasteiger partial charge >= 0.3 is 0 Å². The Labute approximate surface area is 115 Å². The van der Waals surface area contributed by atoms with Crippen LogP contribution in [0.4, 0.5) is 0 Å². The Morgan fingerprint density at radius 1 is 1.58 bits per heavy atom. The molecule has 4 heteroatoms. The van der Waals surface area contributed by atoms with Crippen LogP contribution in [0.15, 0.2) is 12.3 Å². The number of aryl methyl sites for hydroxylation is 1. The highest BCUT2D eigenvalue weighted by Gasteiger charge is 2.18. The smallest absolute Gasteiger partial charge is 0.255 e. The van der Waals surface area contributed by atoms with Crippen LogP contribution in [0.5, 0.6) is 0 Å². The van der Waals surface area contributed by atoms with E-state index in [2.05, 4.69) is 0 Å². The largest absolute Gasteiger partial charge is 0.378 e. The van der Waals surface area contributed by atoms with Gasteiger partial charge in [0.05, 0.1) is 11.7 Å². The number of aromatic nitrogens is 1. The number of ether oxygens (including phenoxy) is 1. The quantitative estimate of drug-likeness (QED) is 0.818. The lowest BCUT2D eigenvalue weighted by atomic mass is 10.1. The Hall–Kier alpha value is -1.29. The summed E-state index contributed by atoms with van der Waals surface area (Å²) < 4.78 is 7.58. The number of carbonyl (C=O) groups is 1. The van der Waals surface area contributed by atoms with E-state index in [0.717, 1.165) is 37.3 Å². The van der Waals surface area contributed by atoms with Crippen LogP contribution >= 0.6 is 0 Å². The zero-order valence-corrected chi connectivity index (χ0v) is 12.2. The van der Waals surface area contributed by atoms with Crippen LogP contribution < -0.4 is 0 Å². The molecule has 1 aromatic rings. The van der Waals surface area contributed by atoms with Gasteiger partial charge in [-0.25, -0.2) is 0 Å². The average molecular weight is 264 g/mol. The van der Waals surface area contributed by atoms with E-state index in [9.17, 15) is 4.79 Å². The first kappa shape index (κ1) is 14.1. The monoisotopic (exact) mass is 264 g/mol. The third kappa shape index (κ3) is 3.38. The zero-order valence-electron chi connectivity index (χ0n) is 12.2. The molecule has 0 saturated carbocycles. The maximum atomic E-state index is 12.3. The molecule has 0 spiro atoms. The van der Waals surface area contributed by atoms with Crippen molar-refractivity contribution >= 4 is 5.91 Å². The van der Waals surface area contributed by atoms with Gasteiger partial charge in [-0.1, -0.05) is 0 Å². The lowest BCUT2D eigenvalue weighted by Gasteiger charge is -2.18. The van der Waals surface area contributed by atoms with Crippen molar-refractivity contribution in [1.29, 1.82) is 0 Å². The molecular formula is C15H24N2O2. The molecule has 0 bridgehead atoms. The third-order valence-corrected chi connectivity index (χ3v) is 4.00. The van der Waals surface area contributed by atoms with E-state index >= 15 is 0 Å². The molecule has 1 saturated heterocycles. The fraction of sp³-hybridized carbons (Fsp3) is 0.667. The molecule has 106 valence electrons. The van der Waals surface area contributed by atoms with E-state index in [1.165, 1.54) is 12.8 Å². The fourth-order valence-electron chi connectivity index (χ4n) is 2.57. The summed E-state index contributed by atoms with van der Waals surface area (Å²) >= 11 is 0. The number of amides is 1. The van der Waals surface area contributed by atoms with Gasteiger partial charge in [0.2, 0.25) is 0 Å². The summed E-state index contributed by atoms with van der Waals surface area (Å²) in [6.07, 6.45) is 6.78. The number of rotatable bonds is 5. The van der Waals surface area contributed by atoms with Gasteiger partial charge in [-0.3, -0.25) is 4.79 Å².